The molecule has 1 N–H and O–H groups in total. The molecule has 1 aliphatic rings. The van der Waals surface area contributed by atoms with Crippen LogP contribution in [0.5, 0.6) is 0 Å². The maximum Gasteiger partial charge on any atom is 0.0989 e. The molecule has 0 unspecified atom stereocenters. The Bertz CT molecular complexity index is 405. The summed E-state index contributed by atoms with van der Waals surface area (Å²) in [6.07, 6.45) is 6.36. The summed E-state index contributed by atoms with van der Waals surface area (Å²) in [7, 11) is 2.05. The van der Waals surface area contributed by atoms with Crippen molar-refractivity contribution >= 4 is 5.84 Å². The summed E-state index contributed by atoms with van der Waals surface area (Å²) in [6.45, 7) is 2.98. The Labute approximate surface area is 111 Å². The molecule has 98 valence electrons. The van der Waals surface area contributed by atoms with Crippen LogP contribution in [0.4, 0.5) is 0 Å². The number of hydrogen-bond donors (Lipinski definition) is 1. The van der Waals surface area contributed by atoms with Crippen molar-refractivity contribution in [3.63, 3.8) is 0 Å². The first kappa shape index (κ1) is 13.1. The Morgan fingerprint density at radius 3 is 2.67 bits per heavy atom. The van der Waals surface area contributed by atoms with E-state index in [9.17, 15) is 0 Å². The fraction of sp³-hybridized carbons (Fsp3) is 0.562. The Morgan fingerprint density at radius 1 is 1.28 bits per heavy atom. The first-order valence-electron chi connectivity index (χ1n) is 7.02. The van der Waals surface area contributed by atoms with E-state index in [0.717, 1.165) is 12.4 Å². The van der Waals surface area contributed by atoms with Crippen LogP contribution in [0.3, 0.4) is 0 Å². The summed E-state index contributed by atoms with van der Waals surface area (Å²) in [5.74, 6) is 1.32. The highest BCUT2D eigenvalue weighted by Gasteiger charge is 2.20. The first-order chi connectivity index (χ1) is 8.66. The molecule has 1 aromatic carbocycles. The maximum absolute atomic E-state index is 8.32. The summed E-state index contributed by atoms with van der Waals surface area (Å²) in [5.41, 5.74) is 2.60. The lowest BCUT2D eigenvalue weighted by molar-refractivity contribution is 0.382. The molecule has 0 spiro atoms. The van der Waals surface area contributed by atoms with Crippen molar-refractivity contribution in [1.82, 2.24) is 4.90 Å². The van der Waals surface area contributed by atoms with Gasteiger partial charge in [0, 0.05) is 19.5 Å². The topological polar surface area (TPSA) is 27.1 Å². The molecule has 2 nitrogen and oxygen atoms in total. The predicted octanol–water partition coefficient (Wildman–Crippen LogP) is 3.98. The second-order valence-electron chi connectivity index (χ2n) is 5.57. The molecule has 0 radical (unpaired) electrons. The van der Waals surface area contributed by atoms with Gasteiger partial charge in [0.2, 0.25) is 0 Å². The van der Waals surface area contributed by atoms with Crippen LogP contribution < -0.4 is 0 Å². The molecule has 18 heavy (non-hydrogen) atoms. The number of nitrogens with zero attached hydrogens (tertiary/aromatic N) is 1. The van der Waals surface area contributed by atoms with Gasteiger partial charge in [-0.1, -0.05) is 49.1 Å². The van der Waals surface area contributed by atoms with E-state index in [1.54, 1.807) is 0 Å². The molecule has 1 saturated carbocycles. The van der Waals surface area contributed by atoms with Gasteiger partial charge in [0.25, 0.3) is 0 Å². The van der Waals surface area contributed by atoms with E-state index in [4.69, 9.17) is 5.41 Å². The molecular weight excluding hydrogens is 220 g/mol. The molecule has 0 aromatic heterocycles. The predicted molar refractivity (Wildman–Crippen MR) is 76.9 cm³/mol. The fourth-order valence-electron chi connectivity index (χ4n) is 2.86. The Morgan fingerprint density at radius 2 is 2.00 bits per heavy atom. The molecule has 1 aliphatic carbocycles. The van der Waals surface area contributed by atoms with Crippen LogP contribution in [-0.4, -0.2) is 17.8 Å². The Hall–Kier alpha value is -1.31. The molecule has 2 heteroatoms. The van der Waals surface area contributed by atoms with Crippen LogP contribution in [-0.2, 0) is 6.54 Å². The number of nitrogens with one attached hydrogen (secondary N) is 1. The molecule has 1 aromatic rings. The van der Waals surface area contributed by atoms with Crippen LogP contribution in [0.25, 0.3) is 0 Å². The average molecular weight is 244 g/mol. The van der Waals surface area contributed by atoms with Gasteiger partial charge in [0.1, 0.15) is 0 Å². The number of hydrogen-bond acceptors (Lipinski definition) is 1. The second kappa shape index (κ2) is 6.03. The summed E-state index contributed by atoms with van der Waals surface area (Å²) >= 11 is 0. The zero-order chi connectivity index (χ0) is 13.0. The van der Waals surface area contributed by atoms with Crippen LogP contribution >= 0.6 is 0 Å². The molecule has 2 rings (SSSR count). The molecule has 1 fully saturated rings. The summed E-state index contributed by atoms with van der Waals surface area (Å²) in [6, 6.07) is 8.58. The lowest BCUT2D eigenvalue weighted by atomic mass is 9.88. The minimum absolute atomic E-state index is 0.494. The zero-order valence-corrected chi connectivity index (χ0v) is 11.6. The van der Waals surface area contributed by atoms with E-state index in [1.165, 1.54) is 43.2 Å². The van der Waals surface area contributed by atoms with E-state index >= 15 is 0 Å². The molecule has 0 bridgehead atoms. The Kier molecular flexibility index (Phi) is 4.40. The van der Waals surface area contributed by atoms with Crippen molar-refractivity contribution in [3.05, 3.63) is 35.4 Å². The minimum atomic E-state index is 0.494. The van der Waals surface area contributed by atoms with Gasteiger partial charge in [-0.05, 0) is 25.3 Å². The third-order valence-corrected chi connectivity index (χ3v) is 3.91. The van der Waals surface area contributed by atoms with E-state index < -0.39 is 0 Å². The molecular formula is C16H24N2. The third kappa shape index (κ3) is 3.34. The van der Waals surface area contributed by atoms with Gasteiger partial charge in [-0.3, -0.25) is 5.41 Å². The normalized spacial score (nSPS) is 16.6. The van der Waals surface area contributed by atoms with Crippen molar-refractivity contribution in [2.75, 3.05) is 7.05 Å². The van der Waals surface area contributed by atoms with Crippen LogP contribution in [0.2, 0.25) is 0 Å². The zero-order valence-electron chi connectivity index (χ0n) is 11.6. The van der Waals surface area contributed by atoms with Crippen molar-refractivity contribution in [2.24, 2.45) is 5.92 Å². The number of amidine groups is 1. The smallest absolute Gasteiger partial charge is 0.0989 e. The number of rotatable bonds is 3. The van der Waals surface area contributed by atoms with Gasteiger partial charge >= 0.3 is 0 Å². The summed E-state index contributed by atoms with van der Waals surface area (Å²) in [5, 5.41) is 8.32. The van der Waals surface area contributed by atoms with E-state index in [0.29, 0.717) is 5.92 Å². The van der Waals surface area contributed by atoms with Gasteiger partial charge in [-0.2, -0.15) is 0 Å². The van der Waals surface area contributed by atoms with Gasteiger partial charge < -0.3 is 4.90 Å². The van der Waals surface area contributed by atoms with Crippen molar-refractivity contribution < 1.29 is 0 Å². The third-order valence-electron chi connectivity index (χ3n) is 3.91. The summed E-state index contributed by atoms with van der Waals surface area (Å²) in [4.78, 5) is 2.12. The van der Waals surface area contributed by atoms with E-state index in [2.05, 4.69) is 43.1 Å². The molecule has 0 heterocycles. The van der Waals surface area contributed by atoms with Crippen LogP contribution in [0.1, 0.15) is 43.2 Å². The van der Waals surface area contributed by atoms with Gasteiger partial charge in [-0.15, -0.1) is 0 Å². The largest absolute Gasteiger partial charge is 0.359 e. The SMILES string of the molecule is Cc1cccc(CN(C)C(=N)C2CCCCC2)c1. The summed E-state index contributed by atoms with van der Waals surface area (Å²) < 4.78 is 0. The van der Waals surface area contributed by atoms with Crippen LogP contribution in [0.15, 0.2) is 24.3 Å². The fourth-order valence-corrected chi connectivity index (χ4v) is 2.86. The number of aryl methyl sites for hydroxylation is 1. The highest BCUT2D eigenvalue weighted by atomic mass is 15.1. The monoisotopic (exact) mass is 244 g/mol. The van der Waals surface area contributed by atoms with Crippen molar-refractivity contribution in [1.29, 1.82) is 5.41 Å². The maximum atomic E-state index is 8.32. The standard InChI is InChI=1S/C16H24N2/c1-13-7-6-8-14(11-13)12-18(2)16(17)15-9-4-3-5-10-15/h6-8,11,15,17H,3-5,9-10,12H2,1-2H3. The average Bonchev–Trinajstić information content (AvgIpc) is 2.39. The molecule has 0 saturated heterocycles. The van der Waals surface area contributed by atoms with Crippen molar-refractivity contribution in [3.8, 4) is 0 Å². The Balaban J connectivity index is 1.94. The molecule has 0 atom stereocenters. The van der Waals surface area contributed by atoms with Crippen molar-refractivity contribution in [2.45, 2.75) is 45.6 Å². The minimum Gasteiger partial charge on any atom is -0.359 e. The quantitative estimate of drug-likeness (QED) is 0.632. The lowest BCUT2D eigenvalue weighted by Gasteiger charge is -2.29. The first-order valence-corrected chi connectivity index (χ1v) is 7.02. The molecule has 0 amide bonds. The number of benzene rings is 1. The molecule has 0 aliphatic heterocycles. The van der Waals surface area contributed by atoms with Gasteiger partial charge in [0.05, 0.1) is 5.84 Å². The highest BCUT2D eigenvalue weighted by molar-refractivity contribution is 5.81. The second-order valence-corrected chi connectivity index (χ2v) is 5.57. The lowest BCUT2D eigenvalue weighted by Crippen LogP contribution is -2.33. The van der Waals surface area contributed by atoms with Crippen LogP contribution in [0, 0.1) is 18.3 Å². The van der Waals surface area contributed by atoms with Gasteiger partial charge in [-0.25, -0.2) is 0 Å². The van der Waals surface area contributed by atoms with Gasteiger partial charge in [0.15, 0.2) is 0 Å². The van der Waals surface area contributed by atoms with E-state index in [-0.39, 0.29) is 0 Å². The highest BCUT2D eigenvalue weighted by Crippen LogP contribution is 2.25. The van der Waals surface area contributed by atoms with E-state index in [1.807, 2.05) is 0 Å².